The Morgan fingerprint density at radius 3 is 2.46 bits per heavy atom. The van der Waals surface area contributed by atoms with Crippen LogP contribution in [0.1, 0.15) is 12.5 Å². The van der Waals surface area contributed by atoms with Gasteiger partial charge in [-0.2, -0.15) is 0 Å². The molecule has 1 N–H and O–H groups in total. The van der Waals surface area contributed by atoms with Crippen molar-refractivity contribution in [2.24, 2.45) is 0 Å². The number of halogens is 4. The molecule has 0 bridgehead atoms. The largest absolute Gasteiger partial charge is 0.449 e. The van der Waals surface area contributed by atoms with Crippen LogP contribution in [-0.4, -0.2) is 18.0 Å². The summed E-state index contributed by atoms with van der Waals surface area (Å²) in [6, 6.07) is 7.46. The first-order chi connectivity index (χ1) is 12.3. The lowest BCUT2D eigenvalue weighted by atomic mass is 10.2. The van der Waals surface area contributed by atoms with Gasteiger partial charge in [-0.1, -0.05) is 29.3 Å². The molecule has 0 saturated carbocycles. The van der Waals surface area contributed by atoms with Crippen LogP contribution in [0.3, 0.4) is 0 Å². The van der Waals surface area contributed by atoms with Gasteiger partial charge in [0, 0.05) is 27.8 Å². The Morgan fingerprint density at radius 1 is 1.15 bits per heavy atom. The van der Waals surface area contributed by atoms with Crippen LogP contribution < -0.4 is 5.32 Å². The quantitative estimate of drug-likeness (QED) is 0.577. The molecule has 0 aromatic heterocycles. The SMILES string of the molecule is C[C@H](OC(=O)/C=C/c1c(Cl)cccc1Cl)C(=O)Nc1cc(F)ccc1F. The van der Waals surface area contributed by atoms with Gasteiger partial charge in [0.25, 0.3) is 5.91 Å². The lowest BCUT2D eigenvalue weighted by Crippen LogP contribution is -2.29. The van der Waals surface area contributed by atoms with Gasteiger partial charge in [-0.3, -0.25) is 4.79 Å². The van der Waals surface area contributed by atoms with Crippen LogP contribution in [-0.2, 0) is 14.3 Å². The Labute approximate surface area is 158 Å². The Kier molecular flexibility index (Phi) is 6.71. The number of carbonyl (C=O) groups excluding carboxylic acids is 2. The van der Waals surface area contributed by atoms with Crippen molar-refractivity contribution in [3.63, 3.8) is 0 Å². The third-order valence-corrected chi connectivity index (χ3v) is 3.89. The number of anilines is 1. The molecular formula is C18H13Cl2F2NO3. The zero-order valence-electron chi connectivity index (χ0n) is 13.4. The highest BCUT2D eigenvalue weighted by atomic mass is 35.5. The first-order valence-corrected chi connectivity index (χ1v) is 8.12. The summed E-state index contributed by atoms with van der Waals surface area (Å²) in [6.07, 6.45) is 1.17. The number of nitrogens with one attached hydrogen (secondary N) is 1. The van der Waals surface area contributed by atoms with E-state index in [1.54, 1.807) is 18.2 Å². The molecule has 1 amide bonds. The summed E-state index contributed by atoms with van der Waals surface area (Å²) in [5.74, 6) is -3.17. The van der Waals surface area contributed by atoms with Crippen molar-refractivity contribution < 1.29 is 23.1 Å². The van der Waals surface area contributed by atoms with Crippen molar-refractivity contribution in [1.82, 2.24) is 0 Å². The second kappa shape index (κ2) is 8.78. The minimum absolute atomic E-state index is 0.342. The van der Waals surface area contributed by atoms with Gasteiger partial charge in [-0.15, -0.1) is 0 Å². The highest BCUT2D eigenvalue weighted by Crippen LogP contribution is 2.25. The fourth-order valence-electron chi connectivity index (χ4n) is 1.92. The standard InChI is InChI=1S/C18H13Cl2F2NO3/c1-10(18(25)23-16-9-11(21)5-7-15(16)22)26-17(24)8-6-12-13(19)3-2-4-14(12)20/h2-10H,1H3,(H,23,25)/b8-6+/t10-/m0/s1. The number of amides is 1. The van der Waals surface area contributed by atoms with E-state index < -0.39 is 29.6 Å². The van der Waals surface area contributed by atoms with Gasteiger partial charge in [0.2, 0.25) is 0 Å². The van der Waals surface area contributed by atoms with Crippen molar-refractivity contribution in [1.29, 1.82) is 0 Å². The smallest absolute Gasteiger partial charge is 0.331 e. The van der Waals surface area contributed by atoms with Crippen molar-refractivity contribution in [3.8, 4) is 0 Å². The van der Waals surface area contributed by atoms with E-state index in [9.17, 15) is 18.4 Å². The van der Waals surface area contributed by atoms with Crippen LogP contribution in [0.2, 0.25) is 10.0 Å². The molecule has 2 aromatic carbocycles. The van der Waals surface area contributed by atoms with Crippen LogP contribution in [0.15, 0.2) is 42.5 Å². The summed E-state index contributed by atoms with van der Waals surface area (Å²) in [7, 11) is 0. The number of hydrogen-bond acceptors (Lipinski definition) is 3. The number of hydrogen-bond donors (Lipinski definition) is 1. The molecule has 0 heterocycles. The molecular weight excluding hydrogens is 387 g/mol. The predicted molar refractivity (Wildman–Crippen MR) is 96.0 cm³/mol. The Bertz CT molecular complexity index is 851. The summed E-state index contributed by atoms with van der Waals surface area (Å²) in [5, 5.41) is 2.83. The van der Waals surface area contributed by atoms with E-state index in [1.807, 2.05) is 0 Å². The molecule has 0 saturated heterocycles. The van der Waals surface area contributed by atoms with Gasteiger partial charge >= 0.3 is 5.97 Å². The molecule has 8 heteroatoms. The second-order valence-corrected chi connectivity index (χ2v) is 5.98. The first kappa shape index (κ1) is 19.9. The molecule has 0 aliphatic heterocycles. The first-order valence-electron chi connectivity index (χ1n) is 7.36. The lowest BCUT2D eigenvalue weighted by Gasteiger charge is -2.13. The Balaban J connectivity index is 1.99. The lowest BCUT2D eigenvalue weighted by molar-refractivity contribution is -0.148. The number of rotatable bonds is 5. The molecule has 0 aliphatic rings. The number of benzene rings is 2. The van der Waals surface area contributed by atoms with Crippen molar-refractivity contribution in [2.45, 2.75) is 13.0 Å². The third kappa shape index (κ3) is 5.28. The van der Waals surface area contributed by atoms with Gasteiger partial charge in [0.15, 0.2) is 6.10 Å². The van der Waals surface area contributed by atoms with Crippen LogP contribution in [0.25, 0.3) is 6.08 Å². The molecule has 26 heavy (non-hydrogen) atoms. The van der Waals surface area contributed by atoms with E-state index in [-0.39, 0.29) is 5.69 Å². The number of esters is 1. The average Bonchev–Trinajstić information content (AvgIpc) is 2.57. The van der Waals surface area contributed by atoms with Crippen LogP contribution in [0.5, 0.6) is 0 Å². The van der Waals surface area contributed by atoms with E-state index in [0.29, 0.717) is 15.6 Å². The van der Waals surface area contributed by atoms with E-state index in [0.717, 1.165) is 24.3 Å². The van der Waals surface area contributed by atoms with Gasteiger partial charge in [-0.05, 0) is 37.3 Å². The Hall–Kier alpha value is -2.44. The second-order valence-electron chi connectivity index (χ2n) is 5.16. The van der Waals surface area contributed by atoms with Gasteiger partial charge in [0.1, 0.15) is 11.6 Å². The van der Waals surface area contributed by atoms with Crippen molar-refractivity contribution in [2.75, 3.05) is 5.32 Å². The fourth-order valence-corrected chi connectivity index (χ4v) is 2.44. The van der Waals surface area contributed by atoms with Crippen LogP contribution in [0.4, 0.5) is 14.5 Å². The molecule has 136 valence electrons. The number of ether oxygens (including phenoxy) is 1. The number of carbonyl (C=O) groups is 2. The molecule has 0 fully saturated rings. The van der Waals surface area contributed by atoms with Crippen molar-refractivity contribution >= 4 is 46.8 Å². The minimum Gasteiger partial charge on any atom is -0.449 e. The zero-order chi connectivity index (χ0) is 19.3. The van der Waals surface area contributed by atoms with E-state index >= 15 is 0 Å². The molecule has 2 aromatic rings. The van der Waals surface area contributed by atoms with E-state index in [1.165, 1.54) is 13.0 Å². The molecule has 0 spiro atoms. The topological polar surface area (TPSA) is 55.4 Å². The summed E-state index contributed by atoms with van der Waals surface area (Å²) >= 11 is 11.9. The average molecular weight is 400 g/mol. The highest BCUT2D eigenvalue weighted by molar-refractivity contribution is 6.37. The van der Waals surface area contributed by atoms with Gasteiger partial charge < -0.3 is 10.1 Å². The molecule has 0 unspecified atom stereocenters. The van der Waals surface area contributed by atoms with Crippen LogP contribution in [0, 0.1) is 11.6 Å². The molecule has 0 radical (unpaired) electrons. The maximum Gasteiger partial charge on any atom is 0.331 e. The predicted octanol–water partition coefficient (Wildman–Crippen LogP) is 4.86. The summed E-state index contributed by atoms with van der Waals surface area (Å²) in [6.45, 7) is 1.29. The highest BCUT2D eigenvalue weighted by Gasteiger charge is 2.18. The van der Waals surface area contributed by atoms with Gasteiger partial charge in [-0.25, -0.2) is 13.6 Å². The molecule has 0 aliphatic carbocycles. The third-order valence-electron chi connectivity index (χ3n) is 3.23. The van der Waals surface area contributed by atoms with Gasteiger partial charge in [0.05, 0.1) is 5.69 Å². The monoisotopic (exact) mass is 399 g/mol. The molecule has 2 rings (SSSR count). The fraction of sp³-hybridized carbons (Fsp3) is 0.111. The maximum atomic E-state index is 13.5. The summed E-state index contributed by atoms with van der Waals surface area (Å²) in [4.78, 5) is 23.8. The summed E-state index contributed by atoms with van der Waals surface area (Å²) in [5.41, 5.74) is 0.0722. The zero-order valence-corrected chi connectivity index (χ0v) is 14.9. The normalized spacial score (nSPS) is 12.0. The minimum atomic E-state index is -1.24. The Morgan fingerprint density at radius 2 is 1.81 bits per heavy atom. The van der Waals surface area contributed by atoms with E-state index in [4.69, 9.17) is 27.9 Å². The molecule has 1 atom stereocenters. The molecule has 4 nitrogen and oxygen atoms in total. The maximum absolute atomic E-state index is 13.5. The van der Waals surface area contributed by atoms with Crippen LogP contribution >= 0.6 is 23.2 Å². The van der Waals surface area contributed by atoms with Crippen molar-refractivity contribution in [3.05, 3.63) is 69.7 Å². The summed E-state index contributed by atoms with van der Waals surface area (Å²) < 4.78 is 31.5. The van der Waals surface area contributed by atoms with E-state index in [2.05, 4.69) is 5.32 Å².